The highest BCUT2D eigenvalue weighted by molar-refractivity contribution is 6.21. The average molecular weight is 181 g/mol. The van der Waals surface area contributed by atoms with Crippen LogP contribution in [0.5, 0.6) is 0 Å². The molecule has 0 spiro atoms. The Hall–Kier alpha value is -0.750. The fourth-order valence-corrected chi connectivity index (χ4v) is 1.25. The summed E-state index contributed by atoms with van der Waals surface area (Å²) in [6.45, 7) is 2.10. The van der Waals surface area contributed by atoms with Gasteiger partial charge in [0.1, 0.15) is 0 Å². The minimum absolute atomic E-state index is 0.0196. The Morgan fingerprint density at radius 3 is 2.58 bits per heavy atom. The van der Waals surface area contributed by atoms with Crippen LogP contribution >= 0.6 is 11.6 Å². The predicted molar refractivity (Wildman–Crippen MR) is 54.5 cm³/mol. The zero-order valence-electron chi connectivity index (χ0n) is 7.20. The zero-order chi connectivity index (χ0) is 8.81. The minimum atomic E-state index is 0.0196. The van der Waals surface area contributed by atoms with Crippen LogP contribution in [0, 0.1) is 0 Å². The first kappa shape index (κ1) is 9.34. The van der Waals surface area contributed by atoms with E-state index in [4.69, 9.17) is 11.6 Å². The molecule has 1 rings (SSSR count). The van der Waals surface area contributed by atoms with Gasteiger partial charge in [-0.15, -0.1) is 11.6 Å². The number of hydrogen-bond donors (Lipinski definition) is 0. The van der Waals surface area contributed by atoms with Crippen LogP contribution in [0.25, 0.3) is 0 Å². The topological polar surface area (TPSA) is 0 Å². The van der Waals surface area contributed by atoms with Crippen molar-refractivity contribution in [1.82, 2.24) is 0 Å². The molecular formula is C11H13Cl. The van der Waals surface area contributed by atoms with Gasteiger partial charge in [0.25, 0.3) is 0 Å². The van der Waals surface area contributed by atoms with Gasteiger partial charge in [0.05, 0.1) is 5.38 Å². The molecule has 0 fully saturated rings. The second-order valence-electron chi connectivity index (χ2n) is 2.65. The van der Waals surface area contributed by atoms with Crippen molar-refractivity contribution in [3.8, 4) is 0 Å². The Bertz CT molecular complexity index is 238. The van der Waals surface area contributed by atoms with E-state index >= 15 is 0 Å². The van der Waals surface area contributed by atoms with Gasteiger partial charge < -0.3 is 0 Å². The molecule has 0 amide bonds. The van der Waals surface area contributed by atoms with Crippen LogP contribution < -0.4 is 0 Å². The number of halogens is 1. The van der Waals surface area contributed by atoms with Gasteiger partial charge in [-0.3, -0.25) is 0 Å². The summed E-state index contributed by atoms with van der Waals surface area (Å²) in [5.41, 5.74) is 1.16. The summed E-state index contributed by atoms with van der Waals surface area (Å²) in [6.07, 6.45) is 5.15. The van der Waals surface area contributed by atoms with Crippen molar-refractivity contribution in [2.24, 2.45) is 0 Å². The molecule has 12 heavy (non-hydrogen) atoms. The van der Waals surface area contributed by atoms with E-state index in [1.54, 1.807) is 0 Å². The molecule has 1 heteroatoms. The molecule has 0 nitrogen and oxygen atoms in total. The SMILES string of the molecule is CCC=CC(Cl)c1ccccc1. The van der Waals surface area contributed by atoms with Crippen molar-refractivity contribution in [2.75, 3.05) is 0 Å². The van der Waals surface area contributed by atoms with E-state index in [0.29, 0.717) is 0 Å². The van der Waals surface area contributed by atoms with E-state index < -0.39 is 0 Å². The van der Waals surface area contributed by atoms with E-state index in [1.165, 1.54) is 0 Å². The Labute approximate surface area is 78.9 Å². The lowest BCUT2D eigenvalue weighted by Crippen LogP contribution is -1.83. The number of alkyl halides is 1. The normalized spacial score (nSPS) is 13.5. The summed E-state index contributed by atoms with van der Waals surface area (Å²) in [5, 5.41) is 0.0196. The molecular weight excluding hydrogens is 168 g/mol. The fraction of sp³-hybridized carbons (Fsp3) is 0.273. The molecule has 0 radical (unpaired) electrons. The lowest BCUT2D eigenvalue weighted by molar-refractivity contribution is 1.15. The first-order chi connectivity index (χ1) is 5.84. The van der Waals surface area contributed by atoms with Crippen LogP contribution in [0.3, 0.4) is 0 Å². The molecule has 64 valence electrons. The lowest BCUT2D eigenvalue weighted by Gasteiger charge is -2.02. The fourth-order valence-electron chi connectivity index (χ4n) is 1.00. The molecule has 0 aliphatic carbocycles. The maximum absolute atomic E-state index is 6.10. The third-order valence-electron chi connectivity index (χ3n) is 1.66. The Kier molecular flexibility index (Phi) is 3.89. The molecule has 0 saturated carbocycles. The van der Waals surface area contributed by atoms with Crippen LogP contribution in [-0.4, -0.2) is 0 Å². The molecule has 0 bridgehead atoms. The highest BCUT2D eigenvalue weighted by atomic mass is 35.5. The molecule has 0 N–H and O–H groups in total. The van der Waals surface area contributed by atoms with Crippen molar-refractivity contribution < 1.29 is 0 Å². The summed E-state index contributed by atoms with van der Waals surface area (Å²) >= 11 is 6.10. The molecule has 0 heterocycles. The van der Waals surface area contributed by atoms with Crippen molar-refractivity contribution in [2.45, 2.75) is 18.7 Å². The maximum atomic E-state index is 6.10. The largest absolute Gasteiger partial charge is 0.113 e. The first-order valence-electron chi connectivity index (χ1n) is 4.20. The summed E-state index contributed by atoms with van der Waals surface area (Å²) in [5.74, 6) is 0. The van der Waals surface area contributed by atoms with Crippen molar-refractivity contribution in [1.29, 1.82) is 0 Å². The third kappa shape index (κ3) is 2.71. The lowest BCUT2D eigenvalue weighted by atomic mass is 10.1. The highest BCUT2D eigenvalue weighted by Crippen LogP contribution is 2.21. The monoisotopic (exact) mass is 180 g/mol. The standard InChI is InChI=1S/C11H13Cl/c1-2-3-9-11(12)10-7-5-4-6-8-10/h3-9,11H,2H2,1H3. The number of hydrogen-bond acceptors (Lipinski definition) is 0. The molecule has 1 unspecified atom stereocenters. The molecule has 1 atom stereocenters. The van der Waals surface area contributed by atoms with Crippen molar-refractivity contribution in [3.05, 3.63) is 48.0 Å². The van der Waals surface area contributed by atoms with Gasteiger partial charge in [-0.1, -0.05) is 49.4 Å². The number of allylic oxidation sites excluding steroid dienone is 2. The van der Waals surface area contributed by atoms with Gasteiger partial charge >= 0.3 is 0 Å². The maximum Gasteiger partial charge on any atom is 0.0766 e. The second-order valence-corrected chi connectivity index (χ2v) is 3.12. The van der Waals surface area contributed by atoms with Gasteiger partial charge in [0.2, 0.25) is 0 Å². The van der Waals surface area contributed by atoms with Gasteiger partial charge in [-0.05, 0) is 12.0 Å². The average Bonchev–Trinajstić information content (AvgIpc) is 2.15. The smallest absolute Gasteiger partial charge is 0.0766 e. The van der Waals surface area contributed by atoms with Crippen LogP contribution in [-0.2, 0) is 0 Å². The van der Waals surface area contributed by atoms with E-state index in [0.717, 1.165) is 12.0 Å². The quantitative estimate of drug-likeness (QED) is 0.489. The molecule has 0 saturated heterocycles. The predicted octanol–water partition coefficient (Wildman–Crippen LogP) is 3.93. The molecule has 0 aliphatic rings. The second kappa shape index (κ2) is 5.00. The van der Waals surface area contributed by atoms with Crippen molar-refractivity contribution in [3.63, 3.8) is 0 Å². The summed E-state index contributed by atoms with van der Waals surface area (Å²) in [4.78, 5) is 0. The van der Waals surface area contributed by atoms with E-state index in [-0.39, 0.29) is 5.38 Å². The van der Waals surface area contributed by atoms with Crippen LogP contribution in [0.15, 0.2) is 42.5 Å². The summed E-state index contributed by atoms with van der Waals surface area (Å²) in [6, 6.07) is 10.1. The molecule has 1 aromatic rings. The van der Waals surface area contributed by atoms with Gasteiger partial charge in [0.15, 0.2) is 0 Å². The first-order valence-corrected chi connectivity index (χ1v) is 4.64. The Balaban J connectivity index is 2.65. The van der Waals surface area contributed by atoms with Crippen LogP contribution in [0.1, 0.15) is 24.3 Å². The van der Waals surface area contributed by atoms with Gasteiger partial charge in [0, 0.05) is 0 Å². The van der Waals surface area contributed by atoms with Crippen LogP contribution in [0.4, 0.5) is 0 Å². The van der Waals surface area contributed by atoms with E-state index in [1.807, 2.05) is 36.4 Å². The highest BCUT2D eigenvalue weighted by Gasteiger charge is 2.00. The zero-order valence-corrected chi connectivity index (χ0v) is 7.96. The summed E-state index contributed by atoms with van der Waals surface area (Å²) < 4.78 is 0. The molecule has 1 aromatic carbocycles. The Morgan fingerprint density at radius 2 is 2.00 bits per heavy atom. The molecule has 0 aromatic heterocycles. The molecule has 0 aliphatic heterocycles. The van der Waals surface area contributed by atoms with E-state index in [2.05, 4.69) is 13.0 Å². The minimum Gasteiger partial charge on any atom is -0.113 e. The van der Waals surface area contributed by atoms with Crippen LogP contribution in [0.2, 0.25) is 0 Å². The summed E-state index contributed by atoms with van der Waals surface area (Å²) in [7, 11) is 0. The van der Waals surface area contributed by atoms with Crippen molar-refractivity contribution >= 4 is 11.6 Å². The van der Waals surface area contributed by atoms with Gasteiger partial charge in [-0.2, -0.15) is 0 Å². The number of rotatable bonds is 3. The van der Waals surface area contributed by atoms with Gasteiger partial charge in [-0.25, -0.2) is 0 Å². The Morgan fingerprint density at radius 1 is 1.33 bits per heavy atom. The number of benzene rings is 1. The third-order valence-corrected chi connectivity index (χ3v) is 2.06. The van der Waals surface area contributed by atoms with E-state index in [9.17, 15) is 0 Å².